The molecule has 0 radical (unpaired) electrons. The van der Waals surface area contributed by atoms with Gasteiger partial charge in [-0.15, -0.1) is 0 Å². The molecule has 7 nitrogen and oxygen atoms in total. The highest BCUT2D eigenvalue weighted by Gasteiger charge is 2.30. The second kappa shape index (κ2) is 8.73. The van der Waals surface area contributed by atoms with Crippen molar-refractivity contribution in [2.24, 2.45) is 5.10 Å². The molecule has 9 heteroatoms. The van der Waals surface area contributed by atoms with E-state index in [4.69, 9.17) is 5.26 Å². The highest BCUT2D eigenvalue weighted by Crippen LogP contribution is 2.30. The van der Waals surface area contributed by atoms with E-state index in [0.717, 1.165) is 6.07 Å². The van der Waals surface area contributed by atoms with Crippen LogP contribution in [0.15, 0.2) is 35.5 Å². The van der Waals surface area contributed by atoms with Crippen LogP contribution in [-0.4, -0.2) is 31.9 Å². The summed E-state index contributed by atoms with van der Waals surface area (Å²) in [5.41, 5.74) is 0.699. The van der Waals surface area contributed by atoms with Crippen LogP contribution in [0.3, 0.4) is 0 Å². The molecule has 2 heterocycles. The minimum atomic E-state index is -0.697. The largest absolute Gasteiger partial charge is 0.269 e. The van der Waals surface area contributed by atoms with Gasteiger partial charge in [-0.1, -0.05) is 6.58 Å². The average Bonchev–Trinajstić information content (AvgIpc) is 3.27. The lowest BCUT2D eigenvalue weighted by Gasteiger charge is -2.23. The fourth-order valence-electron chi connectivity index (χ4n) is 3.20. The minimum absolute atomic E-state index is 0.147. The fourth-order valence-corrected chi connectivity index (χ4v) is 3.20. The van der Waals surface area contributed by atoms with Gasteiger partial charge >= 0.3 is 0 Å². The molecular formula is C20H20F2N6O. The van der Waals surface area contributed by atoms with Gasteiger partial charge in [-0.3, -0.25) is 9.48 Å². The van der Waals surface area contributed by atoms with Crippen molar-refractivity contribution in [3.63, 3.8) is 0 Å². The van der Waals surface area contributed by atoms with E-state index in [1.54, 1.807) is 17.8 Å². The van der Waals surface area contributed by atoms with Crippen molar-refractivity contribution < 1.29 is 13.6 Å². The summed E-state index contributed by atoms with van der Waals surface area (Å²) in [7, 11) is 0. The Kier molecular flexibility index (Phi) is 6.12. The number of hydrazone groups is 1. The van der Waals surface area contributed by atoms with E-state index in [2.05, 4.69) is 21.8 Å². The van der Waals surface area contributed by atoms with Crippen LogP contribution in [0, 0.1) is 29.9 Å². The molecule has 0 spiro atoms. The lowest BCUT2D eigenvalue weighted by Crippen LogP contribution is -2.28. The first kappa shape index (κ1) is 20.3. The SMILES string of the molecule is C=C(CCCn1nc(CC#N)nc1C)C(=O)N1N=CCC1c1cc(F)cc(F)c1. The first-order valence-corrected chi connectivity index (χ1v) is 9.16. The standard InChI is InChI=1S/C20H20F2N6O/c1-13(4-3-9-27-14(2)25-19(26-27)5-7-23)20(29)28-18(6-8-24-28)15-10-16(21)12-17(22)11-15/h8,10-12,18H,1,3-6,9H2,2H3. The van der Waals surface area contributed by atoms with Gasteiger partial charge < -0.3 is 0 Å². The zero-order chi connectivity index (χ0) is 21.0. The highest BCUT2D eigenvalue weighted by molar-refractivity contribution is 5.94. The van der Waals surface area contributed by atoms with Crippen LogP contribution in [-0.2, 0) is 17.8 Å². The third-order valence-electron chi connectivity index (χ3n) is 4.60. The molecule has 1 unspecified atom stereocenters. The van der Waals surface area contributed by atoms with Crippen LogP contribution < -0.4 is 0 Å². The molecular weight excluding hydrogens is 378 g/mol. The van der Waals surface area contributed by atoms with Crippen molar-refractivity contribution in [2.45, 2.75) is 45.2 Å². The Morgan fingerprint density at radius 3 is 2.76 bits per heavy atom. The van der Waals surface area contributed by atoms with Gasteiger partial charge in [-0.2, -0.15) is 15.5 Å². The zero-order valence-corrected chi connectivity index (χ0v) is 16.0. The van der Waals surface area contributed by atoms with Gasteiger partial charge in [0.25, 0.3) is 5.91 Å². The van der Waals surface area contributed by atoms with E-state index in [9.17, 15) is 13.6 Å². The smallest absolute Gasteiger partial charge is 0.268 e. The predicted molar refractivity (Wildman–Crippen MR) is 102 cm³/mol. The lowest BCUT2D eigenvalue weighted by atomic mass is 10.0. The second-order valence-electron chi connectivity index (χ2n) is 6.74. The van der Waals surface area contributed by atoms with Crippen molar-refractivity contribution >= 4 is 12.1 Å². The maximum Gasteiger partial charge on any atom is 0.269 e. The molecule has 1 aliphatic heterocycles. The molecule has 3 rings (SSSR count). The van der Waals surface area contributed by atoms with Crippen LogP contribution in [0.5, 0.6) is 0 Å². The Labute approximate surface area is 167 Å². The number of aromatic nitrogens is 3. The molecule has 0 saturated carbocycles. The van der Waals surface area contributed by atoms with Gasteiger partial charge in [0.15, 0.2) is 5.82 Å². The molecule has 1 aliphatic rings. The Morgan fingerprint density at radius 2 is 2.07 bits per heavy atom. The summed E-state index contributed by atoms with van der Waals surface area (Å²) in [5.74, 6) is -0.607. The molecule has 0 N–H and O–H groups in total. The molecule has 0 bridgehead atoms. The first-order valence-electron chi connectivity index (χ1n) is 9.16. The zero-order valence-electron chi connectivity index (χ0n) is 16.0. The maximum absolute atomic E-state index is 13.5. The van der Waals surface area contributed by atoms with Crippen LogP contribution in [0.4, 0.5) is 8.78 Å². The lowest BCUT2D eigenvalue weighted by molar-refractivity contribution is -0.129. The summed E-state index contributed by atoms with van der Waals surface area (Å²) in [6.07, 6.45) is 3.07. The van der Waals surface area contributed by atoms with Crippen LogP contribution in [0.25, 0.3) is 0 Å². The summed E-state index contributed by atoms with van der Waals surface area (Å²) in [4.78, 5) is 17.0. The topological polar surface area (TPSA) is 87.2 Å². The Bertz CT molecular complexity index is 987. The van der Waals surface area contributed by atoms with Crippen molar-refractivity contribution in [1.82, 2.24) is 19.8 Å². The number of carbonyl (C=O) groups is 1. The molecule has 0 saturated heterocycles. The number of nitriles is 1. The van der Waals surface area contributed by atoms with Crippen molar-refractivity contribution in [3.05, 3.63) is 59.2 Å². The number of rotatable bonds is 7. The molecule has 1 amide bonds. The number of carbonyl (C=O) groups excluding carboxylic acids is 1. The predicted octanol–water partition coefficient (Wildman–Crippen LogP) is 3.23. The Hall–Kier alpha value is -3.41. The number of nitrogens with zero attached hydrogens (tertiary/aromatic N) is 6. The number of halogens is 2. The number of aryl methyl sites for hydroxylation is 2. The van der Waals surface area contributed by atoms with Crippen LogP contribution in [0.1, 0.15) is 42.5 Å². The first-order chi connectivity index (χ1) is 13.9. The quantitative estimate of drug-likeness (QED) is 0.670. The van der Waals surface area contributed by atoms with Crippen molar-refractivity contribution in [3.8, 4) is 6.07 Å². The number of hydrogen-bond acceptors (Lipinski definition) is 5. The number of hydrogen-bond donors (Lipinski definition) is 0. The van der Waals surface area contributed by atoms with Crippen molar-refractivity contribution in [1.29, 1.82) is 5.26 Å². The normalized spacial score (nSPS) is 15.5. The van der Waals surface area contributed by atoms with Gasteiger partial charge in [0.05, 0.1) is 18.5 Å². The molecule has 1 atom stereocenters. The van der Waals surface area contributed by atoms with E-state index in [1.807, 2.05) is 6.07 Å². The van der Waals surface area contributed by atoms with Gasteiger partial charge in [-0.05, 0) is 37.5 Å². The molecule has 0 fully saturated rings. The molecule has 1 aromatic heterocycles. The van der Waals surface area contributed by atoms with Gasteiger partial charge in [0, 0.05) is 30.8 Å². The maximum atomic E-state index is 13.5. The minimum Gasteiger partial charge on any atom is -0.268 e. The summed E-state index contributed by atoms with van der Waals surface area (Å²) >= 11 is 0. The third-order valence-corrected chi connectivity index (χ3v) is 4.60. The van der Waals surface area contributed by atoms with Crippen molar-refractivity contribution in [2.75, 3.05) is 0 Å². The van der Waals surface area contributed by atoms with Crippen LogP contribution in [0.2, 0.25) is 0 Å². The van der Waals surface area contributed by atoms with E-state index in [0.29, 0.717) is 48.6 Å². The summed E-state index contributed by atoms with van der Waals surface area (Å²) in [6.45, 7) is 6.18. The van der Waals surface area contributed by atoms with Crippen LogP contribution >= 0.6 is 0 Å². The molecule has 0 aliphatic carbocycles. The van der Waals surface area contributed by atoms with Gasteiger partial charge in [0.2, 0.25) is 0 Å². The Balaban J connectivity index is 1.60. The third kappa shape index (κ3) is 4.71. The Morgan fingerprint density at radius 1 is 1.34 bits per heavy atom. The molecule has 1 aromatic carbocycles. The highest BCUT2D eigenvalue weighted by atomic mass is 19.1. The van der Waals surface area contributed by atoms with Gasteiger partial charge in [-0.25, -0.2) is 18.8 Å². The number of benzene rings is 1. The van der Waals surface area contributed by atoms with E-state index in [-0.39, 0.29) is 12.3 Å². The summed E-state index contributed by atoms with van der Waals surface area (Å²) < 4.78 is 28.8. The number of amides is 1. The van der Waals surface area contributed by atoms with Gasteiger partial charge in [0.1, 0.15) is 17.5 Å². The second-order valence-corrected chi connectivity index (χ2v) is 6.74. The average molecular weight is 398 g/mol. The monoisotopic (exact) mass is 398 g/mol. The molecule has 2 aromatic rings. The summed E-state index contributed by atoms with van der Waals surface area (Å²) in [6, 6.07) is 4.65. The van der Waals surface area contributed by atoms with E-state index < -0.39 is 17.7 Å². The van der Waals surface area contributed by atoms with E-state index >= 15 is 0 Å². The van der Waals surface area contributed by atoms with E-state index in [1.165, 1.54) is 17.1 Å². The molecule has 150 valence electrons. The fraction of sp³-hybridized carbons (Fsp3) is 0.350. The summed E-state index contributed by atoms with van der Waals surface area (Å²) in [5, 5.41) is 18.3. The molecule has 29 heavy (non-hydrogen) atoms.